The van der Waals surface area contributed by atoms with E-state index < -0.39 is 37.0 Å². The number of ether oxygens (including phenoxy) is 1. The quantitative estimate of drug-likeness (QED) is 0.253. The summed E-state index contributed by atoms with van der Waals surface area (Å²) in [7, 11) is 0. The molecule has 4 N–H and O–H groups in total. The van der Waals surface area contributed by atoms with Crippen molar-refractivity contribution in [3.05, 3.63) is 10.4 Å². The molecule has 0 amide bonds. The molecule has 0 aliphatic carbocycles. The molecule has 9 heteroatoms. The van der Waals surface area contributed by atoms with Gasteiger partial charge in [-0.3, -0.25) is 0 Å². The summed E-state index contributed by atoms with van der Waals surface area (Å²) in [5.41, 5.74) is 5.37. The number of nitrogens with zero attached hydrogens (tertiary/aromatic N) is 3. The second-order valence-corrected chi connectivity index (χ2v) is 3.09. The van der Waals surface area contributed by atoms with Crippen molar-refractivity contribution in [2.45, 2.75) is 30.3 Å². The van der Waals surface area contributed by atoms with Crippen LogP contribution in [-0.4, -0.2) is 57.4 Å². The van der Waals surface area contributed by atoms with Crippen molar-refractivity contribution in [1.82, 2.24) is 0 Å². The number of aliphatic hydroxyl groups is 4. The molecule has 1 rings (SSSR count). The Morgan fingerprint density at radius 3 is 2.53 bits per heavy atom. The third-order valence-corrected chi connectivity index (χ3v) is 2.16. The third-order valence-electron chi connectivity index (χ3n) is 2.16. The number of aliphatic hydroxyl groups excluding tert-OH is 3. The van der Waals surface area contributed by atoms with Crippen LogP contribution in [0.2, 0.25) is 0 Å². The van der Waals surface area contributed by atoms with Crippen molar-refractivity contribution in [3.63, 3.8) is 0 Å². The second-order valence-electron chi connectivity index (χ2n) is 3.09. The summed E-state index contributed by atoms with van der Waals surface area (Å²) in [6, 6.07) is 0. The molecule has 0 aromatic carbocycles. The van der Waals surface area contributed by atoms with Crippen molar-refractivity contribution in [2.24, 2.45) is 5.11 Å². The molecule has 0 spiro atoms. The number of hydrogen-bond donors (Lipinski definition) is 4. The Labute approximate surface area is 83.1 Å². The van der Waals surface area contributed by atoms with Gasteiger partial charge in [0.1, 0.15) is 25.0 Å². The molecule has 8 nitrogen and oxygen atoms in total. The lowest BCUT2D eigenvalue weighted by atomic mass is 9.94. The van der Waals surface area contributed by atoms with Crippen molar-refractivity contribution in [1.29, 1.82) is 0 Å². The Hall–Kier alpha value is -0.960. The predicted molar refractivity (Wildman–Crippen MR) is 43.0 cm³/mol. The lowest BCUT2D eigenvalue weighted by molar-refractivity contribution is -0.324. The van der Waals surface area contributed by atoms with Crippen LogP contribution in [0, 0.1) is 0 Å². The average Bonchev–Trinajstić information content (AvgIpc) is 2.21. The summed E-state index contributed by atoms with van der Waals surface area (Å²) < 4.78 is 16.7. The molecule has 1 saturated heterocycles. The molecule has 86 valence electrons. The van der Waals surface area contributed by atoms with Crippen molar-refractivity contribution in [2.75, 3.05) is 6.67 Å². The minimum atomic E-state index is -2.72. The van der Waals surface area contributed by atoms with Crippen molar-refractivity contribution < 1.29 is 29.6 Å². The molecule has 0 bridgehead atoms. The Morgan fingerprint density at radius 1 is 1.47 bits per heavy atom. The molecule has 5 atom stereocenters. The molecule has 0 aromatic heterocycles. The monoisotopic (exact) mass is 223 g/mol. The first-order chi connectivity index (χ1) is 6.97. The van der Waals surface area contributed by atoms with Gasteiger partial charge in [-0.25, -0.2) is 4.39 Å². The first kappa shape index (κ1) is 12.1. The first-order valence-electron chi connectivity index (χ1n) is 4.01. The number of alkyl halides is 1. The number of azide groups is 1. The zero-order chi connectivity index (χ0) is 11.6. The number of halogens is 1. The molecule has 1 aliphatic heterocycles. The van der Waals surface area contributed by atoms with Crippen molar-refractivity contribution in [3.8, 4) is 0 Å². The molecule has 15 heavy (non-hydrogen) atoms. The fourth-order valence-corrected chi connectivity index (χ4v) is 1.25. The van der Waals surface area contributed by atoms with Crippen LogP contribution in [0.25, 0.3) is 10.4 Å². The van der Waals surface area contributed by atoms with Crippen LogP contribution in [-0.2, 0) is 4.74 Å². The Kier molecular flexibility index (Phi) is 3.45. The van der Waals surface area contributed by atoms with E-state index in [4.69, 9.17) is 5.53 Å². The molecule has 1 fully saturated rings. The van der Waals surface area contributed by atoms with Gasteiger partial charge >= 0.3 is 0 Å². The van der Waals surface area contributed by atoms with Gasteiger partial charge in [-0.1, -0.05) is 5.11 Å². The predicted octanol–water partition coefficient (Wildman–Crippen LogP) is -1.61. The smallest absolute Gasteiger partial charge is 0.223 e. The van der Waals surface area contributed by atoms with E-state index in [1.165, 1.54) is 0 Å². The molecular formula is C6H10FN3O5. The fourth-order valence-electron chi connectivity index (χ4n) is 1.25. The van der Waals surface area contributed by atoms with Crippen LogP contribution in [0.1, 0.15) is 0 Å². The Balaban J connectivity index is 2.97. The summed E-state index contributed by atoms with van der Waals surface area (Å²) in [4.78, 5) is 2.19. The molecular weight excluding hydrogens is 213 g/mol. The maximum Gasteiger partial charge on any atom is 0.223 e. The highest BCUT2D eigenvalue weighted by Gasteiger charge is 2.54. The van der Waals surface area contributed by atoms with Gasteiger partial charge in [0.2, 0.25) is 5.72 Å². The van der Waals surface area contributed by atoms with E-state index in [1.54, 1.807) is 0 Å². The molecule has 0 unspecified atom stereocenters. The summed E-state index contributed by atoms with van der Waals surface area (Å²) in [6.45, 7) is -1.17. The molecule has 0 aromatic rings. The van der Waals surface area contributed by atoms with Crippen LogP contribution in [0.4, 0.5) is 4.39 Å². The highest BCUT2D eigenvalue weighted by atomic mass is 19.1. The van der Waals surface area contributed by atoms with Gasteiger partial charge in [-0.2, -0.15) is 0 Å². The Bertz CT molecular complexity index is 286. The third kappa shape index (κ3) is 1.88. The minimum Gasteiger partial charge on any atom is -0.387 e. The van der Waals surface area contributed by atoms with Gasteiger partial charge in [0.15, 0.2) is 6.29 Å². The lowest BCUT2D eigenvalue weighted by Crippen LogP contribution is -2.65. The highest BCUT2D eigenvalue weighted by Crippen LogP contribution is 2.30. The lowest BCUT2D eigenvalue weighted by Gasteiger charge is -2.42. The summed E-state index contributed by atoms with van der Waals surface area (Å²) in [5, 5.41) is 39.9. The zero-order valence-corrected chi connectivity index (χ0v) is 7.43. The fraction of sp³-hybridized carbons (Fsp3) is 1.00. The SMILES string of the molecule is [N-]=[N+]=N[C@]1(O)[C@@H](O)O[C@H](CF)[C@@H](O)[C@@H]1O. The topological polar surface area (TPSA) is 139 Å². The van der Waals surface area contributed by atoms with Gasteiger partial charge < -0.3 is 25.2 Å². The van der Waals surface area contributed by atoms with E-state index in [2.05, 4.69) is 14.8 Å². The largest absolute Gasteiger partial charge is 0.387 e. The van der Waals surface area contributed by atoms with Gasteiger partial charge in [-0.15, -0.1) is 0 Å². The number of hydrogen-bond acceptors (Lipinski definition) is 6. The number of rotatable bonds is 2. The van der Waals surface area contributed by atoms with Gasteiger partial charge in [0, 0.05) is 4.91 Å². The highest BCUT2D eigenvalue weighted by molar-refractivity contribution is 4.98. The van der Waals surface area contributed by atoms with E-state index in [-0.39, 0.29) is 0 Å². The summed E-state index contributed by atoms with van der Waals surface area (Å²) in [5.74, 6) is 0. The van der Waals surface area contributed by atoms with Crippen molar-refractivity contribution >= 4 is 0 Å². The van der Waals surface area contributed by atoms with Crippen LogP contribution >= 0.6 is 0 Å². The molecule has 0 radical (unpaired) electrons. The van der Waals surface area contributed by atoms with Gasteiger partial charge in [0.05, 0.1) is 0 Å². The van der Waals surface area contributed by atoms with E-state index in [0.717, 1.165) is 0 Å². The van der Waals surface area contributed by atoms with Crippen LogP contribution in [0.15, 0.2) is 5.11 Å². The van der Waals surface area contributed by atoms with E-state index in [0.29, 0.717) is 0 Å². The van der Waals surface area contributed by atoms with Gasteiger partial charge in [0.25, 0.3) is 0 Å². The summed E-state index contributed by atoms with van der Waals surface area (Å²) in [6.07, 6.45) is -7.41. The maximum atomic E-state index is 12.2. The normalized spacial score (nSPS) is 45.9. The standard InChI is InChI=1S/C6H10FN3O5/c7-1-2-3(11)4(12)6(14,9-10-8)5(13)15-2/h2-5,11-14H,1H2/t2-,3-,4+,5+,6-/m1/s1. The molecule has 1 heterocycles. The zero-order valence-electron chi connectivity index (χ0n) is 7.43. The van der Waals surface area contributed by atoms with Crippen LogP contribution in [0.5, 0.6) is 0 Å². The second kappa shape index (κ2) is 4.27. The van der Waals surface area contributed by atoms with Gasteiger partial charge in [-0.05, 0) is 5.53 Å². The van der Waals surface area contributed by atoms with E-state index in [9.17, 15) is 24.8 Å². The van der Waals surface area contributed by atoms with E-state index >= 15 is 0 Å². The van der Waals surface area contributed by atoms with E-state index in [1.807, 2.05) is 0 Å². The summed E-state index contributed by atoms with van der Waals surface area (Å²) >= 11 is 0. The first-order valence-corrected chi connectivity index (χ1v) is 4.01. The maximum absolute atomic E-state index is 12.2. The van der Waals surface area contributed by atoms with Crippen LogP contribution in [0.3, 0.4) is 0 Å². The van der Waals surface area contributed by atoms with Crippen LogP contribution < -0.4 is 0 Å². The molecule has 1 aliphatic rings. The Morgan fingerprint density at radius 2 is 2.07 bits per heavy atom. The molecule has 0 saturated carbocycles. The average molecular weight is 223 g/mol. The minimum absolute atomic E-state index is 1.17.